The molecule has 0 amide bonds. The second-order valence-corrected chi connectivity index (χ2v) is 7.98. The van der Waals surface area contributed by atoms with Crippen molar-refractivity contribution in [2.24, 2.45) is 0 Å². The van der Waals surface area contributed by atoms with Crippen LogP contribution in [0.15, 0.2) is 60.9 Å². The molecule has 1 saturated carbocycles. The topological polar surface area (TPSA) is 64.4 Å². The van der Waals surface area contributed by atoms with Gasteiger partial charge in [-0.3, -0.25) is 4.79 Å². The molecule has 0 radical (unpaired) electrons. The minimum atomic E-state index is 0.0712. The number of hydrogen-bond donors (Lipinski definition) is 3. The Balaban J connectivity index is 1.72. The maximum Gasteiger partial charge on any atom is 0.176 e. The van der Waals surface area contributed by atoms with Crippen molar-refractivity contribution in [3.8, 4) is 22.4 Å². The van der Waals surface area contributed by atoms with Gasteiger partial charge >= 0.3 is 0 Å². The molecule has 0 aliphatic heterocycles. The van der Waals surface area contributed by atoms with Crippen LogP contribution in [0.25, 0.3) is 44.2 Å². The summed E-state index contributed by atoms with van der Waals surface area (Å²) in [4.78, 5) is 22.9. The Morgan fingerprint density at radius 3 is 2.10 bits per heavy atom. The zero-order chi connectivity index (χ0) is 19.5. The zero-order valence-corrected chi connectivity index (χ0v) is 16.2. The number of aromatic amines is 3. The van der Waals surface area contributed by atoms with Gasteiger partial charge in [0.1, 0.15) is 0 Å². The van der Waals surface area contributed by atoms with Crippen LogP contribution in [0.4, 0.5) is 0 Å². The predicted octanol–water partition coefficient (Wildman–Crippen LogP) is 6.39. The predicted molar refractivity (Wildman–Crippen MR) is 117 cm³/mol. The summed E-state index contributed by atoms with van der Waals surface area (Å²) in [5.41, 5.74) is 8.64. The van der Waals surface area contributed by atoms with E-state index in [0.29, 0.717) is 11.6 Å². The number of fused-ring (bicyclic) bond motifs is 2. The molecule has 0 atom stereocenters. The molecule has 0 unspecified atom stereocenters. The molecule has 3 aromatic heterocycles. The van der Waals surface area contributed by atoms with Crippen LogP contribution in [0.3, 0.4) is 0 Å². The van der Waals surface area contributed by atoms with Crippen molar-refractivity contribution in [1.29, 1.82) is 0 Å². The lowest BCUT2D eigenvalue weighted by atomic mass is 9.92. The van der Waals surface area contributed by atoms with E-state index in [-0.39, 0.29) is 5.78 Å². The standard InChI is InChI=1S/C25H21N3O/c1-14(29)24-23(18-4-2-6-20-16(18)10-12-26-20)22(15-8-9-15)25(28-24)19-5-3-7-21-17(19)11-13-27-21/h2-7,10-13,15,26-28H,8-9H2,1H3. The van der Waals surface area contributed by atoms with Crippen LogP contribution in [0.1, 0.15) is 41.7 Å². The highest BCUT2D eigenvalue weighted by atomic mass is 16.1. The number of benzene rings is 2. The van der Waals surface area contributed by atoms with Crippen molar-refractivity contribution in [3.05, 3.63) is 72.2 Å². The van der Waals surface area contributed by atoms with Crippen LogP contribution in [0, 0.1) is 0 Å². The number of carbonyl (C=O) groups excluding carboxylic acids is 1. The van der Waals surface area contributed by atoms with Crippen LogP contribution < -0.4 is 0 Å². The van der Waals surface area contributed by atoms with E-state index >= 15 is 0 Å². The lowest BCUT2D eigenvalue weighted by Crippen LogP contribution is -1.96. The van der Waals surface area contributed by atoms with Gasteiger partial charge in [0.05, 0.1) is 11.4 Å². The fourth-order valence-corrected chi connectivity index (χ4v) is 4.66. The van der Waals surface area contributed by atoms with Gasteiger partial charge < -0.3 is 15.0 Å². The molecule has 0 saturated heterocycles. The quantitative estimate of drug-likeness (QED) is 0.311. The number of Topliss-reactive ketones (excluding diaryl/α,β-unsaturated/α-hetero) is 1. The van der Waals surface area contributed by atoms with Crippen LogP contribution in [0.2, 0.25) is 0 Å². The molecule has 1 aliphatic rings. The highest BCUT2D eigenvalue weighted by molar-refractivity contribution is 6.08. The van der Waals surface area contributed by atoms with Crippen LogP contribution in [-0.2, 0) is 0 Å². The molecule has 4 heteroatoms. The van der Waals surface area contributed by atoms with E-state index < -0.39 is 0 Å². The number of aromatic nitrogens is 3. The molecule has 0 spiro atoms. The van der Waals surface area contributed by atoms with Crippen molar-refractivity contribution in [2.45, 2.75) is 25.7 Å². The fraction of sp³-hybridized carbons (Fsp3) is 0.160. The van der Waals surface area contributed by atoms with Crippen LogP contribution >= 0.6 is 0 Å². The third kappa shape index (κ3) is 2.42. The van der Waals surface area contributed by atoms with Gasteiger partial charge in [-0.1, -0.05) is 24.3 Å². The number of rotatable bonds is 4. The third-order valence-electron chi connectivity index (χ3n) is 6.10. The second kappa shape index (κ2) is 5.98. The molecule has 1 aliphatic carbocycles. The molecular formula is C25H21N3O. The Morgan fingerprint density at radius 1 is 0.862 bits per heavy atom. The smallest absolute Gasteiger partial charge is 0.176 e. The normalized spacial score (nSPS) is 14.1. The average molecular weight is 379 g/mol. The molecule has 3 N–H and O–H groups in total. The van der Waals surface area contributed by atoms with E-state index in [1.807, 2.05) is 12.4 Å². The first-order valence-corrected chi connectivity index (χ1v) is 10.1. The summed E-state index contributed by atoms with van der Waals surface area (Å²) < 4.78 is 0. The lowest BCUT2D eigenvalue weighted by molar-refractivity contribution is 0.101. The van der Waals surface area contributed by atoms with Gasteiger partial charge in [-0.05, 0) is 54.2 Å². The van der Waals surface area contributed by atoms with Gasteiger partial charge in [0.25, 0.3) is 0 Å². The first-order chi connectivity index (χ1) is 14.2. The molecular weight excluding hydrogens is 358 g/mol. The highest BCUT2D eigenvalue weighted by Gasteiger charge is 2.34. The number of carbonyl (C=O) groups is 1. The van der Waals surface area contributed by atoms with E-state index in [1.165, 1.54) is 23.8 Å². The van der Waals surface area contributed by atoms with Crippen molar-refractivity contribution in [2.75, 3.05) is 0 Å². The van der Waals surface area contributed by atoms with Crippen molar-refractivity contribution in [1.82, 2.24) is 15.0 Å². The van der Waals surface area contributed by atoms with Crippen molar-refractivity contribution >= 4 is 27.6 Å². The van der Waals surface area contributed by atoms with Gasteiger partial charge in [0, 0.05) is 52.3 Å². The van der Waals surface area contributed by atoms with E-state index in [9.17, 15) is 4.79 Å². The van der Waals surface area contributed by atoms with Crippen molar-refractivity contribution < 1.29 is 4.79 Å². The van der Waals surface area contributed by atoms with Gasteiger partial charge in [-0.2, -0.15) is 0 Å². The van der Waals surface area contributed by atoms with Gasteiger partial charge in [-0.15, -0.1) is 0 Å². The largest absolute Gasteiger partial charge is 0.361 e. The van der Waals surface area contributed by atoms with E-state index in [2.05, 4.69) is 63.5 Å². The molecule has 5 aromatic rings. The number of ketones is 1. The third-order valence-corrected chi connectivity index (χ3v) is 6.10. The first-order valence-electron chi connectivity index (χ1n) is 10.1. The van der Waals surface area contributed by atoms with Crippen LogP contribution in [0.5, 0.6) is 0 Å². The zero-order valence-electron chi connectivity index (χ0n) is 16.2. The van der Waals surface area contributed by atoms with Gasteiger partial charge in [-0.25, -0.2) is 0 Å². The Morgan fingerprint density at radius 2 is 1.48 bits per heavy atom. The number of hydrogen-bond acceptors (Lipinski definition) is 1. The molecule has 0 bridgehead atoms. The van der Waals surface area contributed by atoms with Crippen LogP contribution in [-0.4, -0.2) is 20.7 Å². The molecule has 29 heavy (non-hydrogen) atoms. The fourth-order valence-electron chi connectivity index (χ4n) is 4.66. The average Bonchev–Trinajstić information content (AvgIpc) is 3.14. The monoisotopic (exact) mass is 379 g/mol. The maximum absolute atomic E-state index is 12.7. The van der Waals surface area contributed by atoms with E-state index in [0.717, 1.165) is 38.8 Å². The Labute approximate surface area is 168 Å². The summed E-state index contributed by atoms with van der Waals surface area (Å²) in [6.07, 6.45) is 6.27. The molecule has 1 fully saturated rings. The number of nitrogens with one attached hydrogen (secondary N) is 3. The Bertz CT molecular complexity index is 1390. The second-order valence-electron chi connectivity index (χ2n) is 7.98. The van der Waals surface area contributed by atoms with E-state index in [1.54, 1.807) is 6.92 Å². The summed E-state index contributed by atoms with van der Waals surface area (Å²) in [6.45, 7) is 1.66. The summed E-state index contributed by atoms with van der Waals surface area (Å²) in [5, 5.41) is 2.33. The minimum absolute atomic E-state index is 0.0712. The first kappa shape index (κ1) is 16.4. The summed E-state index contributed by atoms with van der Waals surface area (Å²) in [7, 11) is 0. The molecule has 6 rings (SSSR count). The molecule has 2 aromatic carbocycles. The molecule has 4 nitrogen and oxygen atoms in total. The lowest BCUT2D eigenvalue weighted by Gasteiger charge is -2.10. The Kier molecular flexibility index (Phi) is 3.39. The molecule has 3 heterocycles. The minimum Gasteiger partial charge on any atom is -0.361 e. The summed E-state index contributed by atoms with van der Waals surface area (Å²) in [5.74, 6) is 0.565. The highest BCUT2D eigenvalue weighted by Crippen LogP contribution is 2.51. The Hall–Kier alpha value is -3.53. The summed E-state index contributed by atoms with van der Waals surface area (Å²) >= 11 is 0. The molecule has 142 valence electrons. The summed E-state index contributed by atoms with van der Waals surface area (Å²) in [6, 6.07) is 16.8. The van der Waals surface area contributed by atoms with Crippen molar-refractivity contribution in [3.63, 3.8) is 0 Å². The maximum atomic E-state index is 12.7. The SMILES string of the molecule is CC(=O)c1[nH]c(-c2cccc3[nH]ccc23)c(C2CC2)c1-c1cccc2[nH]ccc12. The van der Waals surface area contributed by atoms with E-state index in [4.69, 9.17) is 0 Å². The number of H-pyrrole nitrogens is 3. The van der Waals surface area contributed by atoms with Gasteiger partial charge in [0.2, 0.25) is 0 Å². The van der Waals surface area contributed by atoms with Gasteiger partial charge in [0.15, 0.2) is 5.78 Å².